The highest BCUT2D eigenvalue weighted by molar-refractivity contribution is 8.00. The van der Waals surface area contributed by atoms with Gasteiger partial charge in [-0.2, -0.15) is 18.3 Å². The molecule has 20 heavy (non-hydrogen) atoms. The Morgan fingerprint density at radius 3 is 2.90 bits per heavy atom. The molecule has 0 aliphatic carbocycles. The average molecular weight is 303 g/mol. The summed E-state index contributed by atoms with van der Waals surface area (Å²) in [5.74, 6) is -0.587. The van der Waals surface area contributed by atoms with E-state index in [1.54, 1.807) is 25.3 Å². The van der Waals surface area contributed by atoms with Crippen LogP contribution in [0.4, 0.5) is 13.2 Å². The lowest BCUT2D eigenvalue weighted by atomic mass is 10.0. The highest BCUT2D eigenvalue weighted by atomic mass is 32.2. The second kappa shape index (κ2) is 5.74. The molecule has 0 saturated heterocycles. The summed E-state index contributed by atoms with van der Waals surface area (Å²) < 4.78 is 35.8. The molecule has 2 aromatic rings. The minimum atomic E-state index is -4.27. The molecular formula is C12H12F3N3OS. The van der Waals surface area contributed by atoms with Crippen LogP contribution in [0.1, 0.15) is 15.9 Å². The number of benzene rings is 1. The zero-order valence-electron chi connectivity index (χ0n) is 10.5. The van der Waals surface area contributed by atoms with Crippen molar-refractivity contribution in [2.75, 3.05) is 12.3 Å². The van der Waals surface area contributed by atoms with Crippen molar-refractivity contribution in [1.29, 1.82) is 0 Å². The van der Waals surface area contributed by atoms with Crippen LogP contribution in [0.15, 0.2) is 18.3 Å². The van der Waals surface area contributed by atoms with Gasteiger partial charge >= 0.3 is 5.51 Å². The van der Waals surface area contributed by atoms with E-state index < -0.39 is 5.51 Å². The molecule has 0 bridgehead atoms. The molecule has 0 spiro atoms. The Morgan fingerprint density at radius 1 is 1.45 bits per heavy atom. The summed E-state index contributed by atoms with van der Waals surface area (Å²) in [6, 6.07) is 3.34. The molecular weight excluding hydrogens is 291 g/mol. The number of carbonyl (C=O) groups excluding carboxylic acids is 1. The summed E-state index contributed by atoms with van der Waals surface area (Å²) >= 11 is -0.151. The van der Waals surface area contributed by atoms with E-state index >= 15 is 0 Å². The number of nitrogens with one attached hydrogen (secondary N) is 2. The van der Waals surface area contributed by atoms with E-state index in [0.717, 1.165) is 16.5 Å². The first-order chi connectivity index (χ1) is 9.38. The van der Waals surface area contributed by atoms with Gasteiger partial charge in [-0.25, -0.2) is 0 Å². The van der Waals surface area contributed by atoms with Crippen LogP contribution >= 0.6 is 11.8 Å². The van der Waals surface area contributed by atoms with Crippen molar-refractivity contribution in [3.05, 3.63) is 29.5 Å². The number of alkyl halides is 3. The molecule has 0 unspecified atom stereocenters. The molecule has 2 rings (SSSR count). The van der Waals surface area contributed by atoms with Crippen molar-refractivity contribution < 1.29 is 18.0 Å². The van der Waals surface area contributed by atoms with Crippen LogP contribution in [0, 0.1) is 6.92 Å². The number of amides is 1. The Bertz CT molecular complexity index is 624. The molecule has 0 atom stereocenters. The molecule has 2 N–H and O–H groups in total. The van der Waals surface area contributed by atoms with Gasteiger partial charge in [-0.1, -0.05) is 0 Å². The zero-order valence-corrected chi connectivity index (χ0v) is 11.4. The van der Waals surface area contributed by atoms with Gasteiger partial charge < -0.3 is 5.32 Å². The highest BCUT2D eigenvalue weighted by Crippen LogP contribution is 2.29. The quantitative estimate of drug-likeness (QED) is 0.854. The zero-order chi connectivity index (χ0) is 14.8. The number of aryl methyl sites for hydroxylation is 1. The second-order valence-electron chi connectivity index (χ2n) is 4.12. The number of halogens is 3. The van der Waals surface area contributed by atoms with Crippen molar-refractivity contribution in [1.82, 2.24) is 15.5 Å². The molecule has 1 aromatic heterocycles. The van der Waals surface area contributed by atoms with Gasteiger partial charge in [0.25, 0.3) is 5.91 Å². The van der Waals surface area contributed by atoms with E-state index in [-0.39, 0.29) is 30.0 Å². The third-order valence-electron chi connectivity index (χ3n) is 2.79. The molecule has 1 heterocycles. The van der Waals surface area contributed by atoms with E-state index in [1.165, 1.54) is 0 Å². The first-order valence-electron chi connectivity index (χ1n) is 5.80. The maximum absolute atomic E-state index is 11.9. The van der Waals surface area contributed by atoms with E-state index in [2.05, 4.69) is 15.5 Å². The fraction of sp³-hybridized carbons (Fsp3) is 0.333. The highest BCUT2D eigenvalue weighted by Gasteiger charge is 2.27. The number of H-pyrrole nitrogens is 1. The van der Waals surface area contributed by atoms with E-state index in [1.807, 2.05) is 0 Å². The first kappa shape index (κ1) is 14.7. The van der Waals surface area contributed by atoms with Gasteiger partial charge in [-0.3, -0.25) is 9.89 Å². The van der Waals surface area contributed by atoms with E-state index in [9.17, 15) is 18.0 Å². The number of hydrogen-bond donors (Lipinski definition) is 2. The van der Waals surface area contributed by atoms with Gasteiger partial charge in [0.15, 0.2) is 0 Å². The molecule has 1 amide bonds. The monoisotopic (exact) mass is 303 g/mol. The van der Waals surface area contributed by atoms with Crippen LogP contribution in [0.5, 0.6) is 0 Å². The number of rotatable bonds is 4. The lowest BCUT2D eigenvalue weighted by Gasteiger charge is -2.09. The number of aromatic nitrogens is 2. The Balaban J connectivity index is 1.99. The van der Waals surface area contributed by atoms with Gasteiger partial charge in [-0.05, 0) is 36.4 Å². The number of fused-ring (bicyclic) bond motifs is 1. The molecule has 0 fully saturated rings. The summed E-state index contributed by atoms with van der Waals surface area (Å²) in [7, 11) is 0. The van der Waals surface area contributed by atoms with Crippen molar-refractivity contribution in [2.45, 2.75) is 12.4 Å². The van der Waals surface area contributed by atoms with Crippen LogP contribution in [-0.2, 0) is 0 Å². The van der Waals surface area contributed by atoms with Gasteiger partial charge in [0.1, 0.15) is 0 Å². The first-order valence-corrected chi connectivity index (χ1v) is 6.78. The fourth-order valence-electron chi connectivity index (χ4n) is 1.83. The van der Waals surface area contributed by atoms with Gasteiger partial charge in [0.05, 0.1) is 11.7 Å². The predicted molar refractivity (Wildman–Crippen MR) is 71.7 cm³/mol. The Kier molecular flexibility index (Phi) is 4.22. The maximum Gasteiger partial charge on any atom is 0.441 e. The summed E-state index contributed by atoms with van der Waals surface area (Å²) in [6.45, 7) is 1.74. The second-order valence-corrected chi connectivity index (χ2v) is 5.28. The lowest BCUT2D eigenvalue weighted by molar-refractivity contribution is -0.0327. The molecule has 0 saturated carbocycles. The molecule has 8 heteroatoms. The minimum absolute atomic E-state index is 0.0358. The predicted octanol–water partition coefficient (Wildman–Crippen LogP) is 2.85. The van der Waals surface area contributed by atoms with Crippen LogP contribution < -0.4 is 5.32 Å². The summed E-state index contributed by atoms with van der Waals surface area (Å²) in [6.07, 6.45) is 1.61. The molecule has 0 aliphatic heterocycles. The topological polar surface area (TPSA) is 57.8 Å². The van der Waals surface area contributed by atoms with Crippen molar-refractivity contribution in [2.24, 2.45) is 0 Å². The van der Waals surface area contributed by atoms with Crippen molar-refractivity contribution >= 4 is 28.6 Å². The summed E-state index contributed by atoms with van der Waals surface area (Å²) in [5.41, 5.74) is -2.27. The number of carbonyl (C=O) groups is 1. The smallest absolute Gasteiger partial charge is 0.351 e. The third-order valence-corrected chi connectivity index (χ3v) is 3.53. The molecule has 4 nitrogen and oxygen atoms in total. The number of thioether (sulfide) groups is 1. The van der Waals surface area contributed by atoms with E-state index in [0.29, 0.717) is 5.56 Å². The molecule has 0 aliphatic rings. The Labute approximate surface area is 117 Å². The van der Waals surface area contributed by atoms with E-state index in [4.69, 9.17) is 0 Å². The van der Waals surface area contributed by atoms with Crippen molar-refractivity contribution in [3.63, 3.8) is 0 Å². The van der Waals surface area contributed by atoms with Crippen LogP contribution in [0.2, 0.25) is 0 Å². The third kappa shape index (κ3) is 3.44. The number of nitrogens with zero attached hydrogens (tertiary/aromatic N) is 1. The van der Waals surface area contributed by atoms with Crippen LogP contribution in [-0.4, -0.2) is 33.9 Å². The maximum atomic E-state index is 11.9. The number of hydrogen-bond acceptors (Lipinski definition) is 3. The standard InChI is InChI=1S/C12H12F3N3OS/c1-7-8(2-3-10-9(7)6-17-18-10)11(19)16-4-5-20-12(13,14)15/h2-3,6H,4-5H2,1H3,(H,16,19)(H,17,18). The Hall–Kier alpha value is -1.70. The minimum Gasteiger partial charge on any atom is -0.351 e. The lowest BCUT2D eigenvalue weighted by Crippen LogP contribution is -2.27. The van der Waals surface area contributed by atoms with Gasteiger partial charge in [-0.15, -0.1) is 0 Å². The average Bonchev–Trinajstić information content (AvgIpc) is 2.83. The largest absolute Gasteiger partial charge is 0.441 e. The molecule has 108 valence electrons. The summed E-state index contributed by atoms with van der Waals surface area (Å²) in [5, 5.41) is 9.97. The van der Waals surface area contributed by atoms with Crippen LogP contribution in [0.3, 0.4) is 0 Å². The number of aromatic amines is 1. The SMILES string of the molecule is Cc1c(C(=O)NCCSC(F)(F)F)ccc2[nH]ncc12. The van der Waals surface area contributed by atoms with Crippen molar-refractivity contribution in [3.8, 4) is 0 Å². The Morgan fingerprint density at radius 2 is 2.20 bits per heavy atom. The van der Waals surface area contributed by atoms with Crippen LogP contribution in [0.25, 0.3) is 10.9 Å². The normalized spacial score (nSPS) is 11.8. The summed E-state index contributed by atoms with van der Waals surface area (Å²) in [4.78, 5) is 11.9. The molecule has 1 aromatic carbocycles. The molecule has 0 radical (unpaired) electrons. The van der Waals surface area contributed by atoms with Gasteiger partial charge in [0, 0.05) is 23.2 Å². The fourth-order valence-corrected chi connectivity index (χ4v) is 2.27. The van der Waals surface area contributed by atoms with Gasteiger partial charge in [0.2, 0.25) is 0 Å².